The van der Waals surface area contributed by atoms with Crippen LogP contribution in [0, 0.1) is 0 Å². The molecule has 0 spiro atoms. The molecule has 0 aliphatic carbocycles. The Morgan fingerprint density at radius 3 is 2.95 bits per heavy atom. The van der Waals surface area contributed by atoms with Crippen molar-refractivity contribution in [2.75, 3.05) is 6.54 Å². The van der Waals surface area contributed by atoms with Crippen LogP contribution in [-0.4, -0.2) is 22.9 Å². The fourth-order valence-corrected chi connectivity index (χ4v) is 4.17. The van der Waals surface area contributed by atoms with E-state index < -0.39 is 5.54 Å². The molecule has 110 valence electrons. The van der Waals surface area contributed by atoms with Crippen LogP contribution in [-0.2, 0) is 18.5 Å². The third-order valence-corrected chi connectivity index (χ3v) is 5.55. The second kappa shape index (κ2) is 5.79. The van der Waals surface area contributed by atoms with E-state index in [1.807, 2.05) is 42.5 Å². The zero-order chi connectivity index (χ0) is 14.9. The van der Waals surface area contributed by atoms with Crippen molar-refractivity contribution in [1.29, 1.82) is 0 Å². The number of nitrogens with zero attached hydrogens (tertiary/aromatic N) is 2. The fourth-order valence-electron chi connectivity index (χ4n) is 2.95. The number of hydrogen-bond acceptors (Lipinski definition) is 4. The standard InChI is InChI=1S/C16H17ClN2OS/c1-16(11-18-20,13-4-2-3-5-14(13)17)19-8-6-15-12(10-19)7-9-21-15/h2-5,7,9,11,20H,6,8,10H2,1H3. The Kier molecular flexibility index (Phi) is 4.02. The SMILES string of the molecule is CC(C=NO)(c1ccccc1Cl)N1CCc2sccc2C1. The number of halogens is 1. The average molecular weight is 321 g/mol. The van der Waals surface area contributed by atoms with Crippen LogP contribution in [0.1, 0.15) is 22.9 Å². The highest BCUT2D eigenvalue weighted by Crippen LogP contribution is 2.36. The van der Waals surface area contributed by atoms with Crippen LogP contribution in [0.25, 0.3) is 0 Å². The van der Waals surface area contributed by atoms with Gasteiger partial charge in [0.25, 0.3) is 0 Å². The summed E-state index contributed by atoms with van der Waals surface area (Å²) in [5.41, 5.74) is 1.80. The Morgan fingerprint density at radius 1 is 1.38 bits per heavy atom. The summed E-state index contributed by atoms with van der Waals surface area (Å²) in [7, 11) is 0. The number of oxime groups is 1. The van der Waals surface area contributed by atoms with Gasteiger partial charge in [0.1, 0.15) is 0 Å². The maximum absolute atomic E-state index is 9.14. The van der Waals surface area contributed by atoms with Crippen molar-refractivity contribution in [3.05, 3.63) is 56.7 Å². The summed E-state index contributed by atoms with van der Waals surface area (Å²) >= 11 is 8.19. The van der Waals surface area contributed by atoms with Gasteiger partial charge in [-0.2, -0.15) is 0 Å². The first-order valence-corrected chi connectivity index (χ1v) is 8.15. The molecule has 1 atom stereocenters. The molecule has 1 aliphatic heterocycles. The molecule has 21 heavy (non-hydrogen) atoms. The third-order valence-electron chi connectivity index (χ3n) is 4.19. The molecule has 1 N–H and O–H groups in total. The number of hydrogen-bond donors (Lipinski definition) is 1. The van der Waals surface area contributed by atoms with Crippen LogP contribution in [0.4, 0.5) is 0 Å². The third kappa shape index (κ3) is 2.59. The van der Waals surface area contributed by atoms with E-state index in [0.717, 1.165) is 25.1 Å². The monoisotopic (exact) mass is 320 g/mol. The average Bonchev–Trinajstić information content (AvgIpc) is 2.95. The van der Waals surface area contributed by atoms with Gasteiger partial charge in [0.2, 0.25) is 0 Å². The van der Waals surface area contributed by atoms with Crippen molar-refractivity contribution in [2.45, 2.75) is 25.4 Å². The molecule has 0 saturated heterocycles. The van der Waals surface area contributed by atoms with Gasteiger partial charge in [0.15, 0.2) is 0 Å². The van der Waals surface area contributed by atoms with Gasteiger partial charge in [-0.25, -0.2) is 0 Å². The zero-order valence-electron chi connectivity index (χ0n) is 11.8. The number of benzene rings is 1. The molecule has 2 aromatic rings. The van der Waals surface area contributed by atoms with Crippen LogP contribution in [0.3, 0.4) is 0 Å². The van der Waals surface area contributed by atoms with Crippen molar-refractivity contribution in [3.63, 3.8) is 0 Å². The Hall–Kier alpha value is -1.36. The number of thiophene rings is 1. The zero-order valence-corrected chi connectivity index (χ0v) is 13.4. The van der Waals surface area contributed by atoms with E-state index in [4.69, 9.17) is 16.8 Å². The van der Waals surface area contributed by atoms with E-state index in [0.29, 0.717) is 5.02 Å². The van der Waals surface area contributed by atoms with E-state index >= 15 is 0 Å². The molecule has 1 aliphatic rings. The minimum atomic E-state index is -0.521. The Morgan fingerprint density at radius 2 is 2.19 bits per heavy atom. The van der Waals surface area contributed by atoms with E-state index in [-0.39, 0.29) is 0 Å². The molecule has 0 radical (unpaired) electrons. The lowest BCUT2D eigenvalue weighted by molar-refractivity contribution is 0.146. The quantitative estimate of drug-likeness (QED) is 0.524. The summed E-state index contributed by atoms with van der Waals surface area (Å²) in [4.78, 5) is 3.76. The second-order valence-corrected chi connectivity index (χ2v) is 6.82. The number of rotatable bonds is 3. The lowest BCUT2D eigenvalue weighted by Gasteiger charge is -2.41. The molecule has 1 unspecified atom stereocenters. The predicted octanol–water partition coefficient (Wildman–Crippen LogP) is 4.14. The van der Waals surface area contributed by atoms with Gasteiger partial charge in [0, 0.05) is 23.0 Å². The lowest BCUT2D eigenvalue weighted by atomic mass is 9.89. The molecule has 0 fully saturated rings. The Balaban J connectivity index is 2.01. The first-order chi connectivity index (χ1) is 10.1. The van der Waals surface area contributed by atoms with Crippen LogP contribution in [0.5, 0.6) is 0 Å². The van der Waals surface area contributed by atoms with Gasteiger partial charge in [-0.15, -0.1) is 11.3 Å². The van der Waals surface area contributed by atoms with Gasteiger partial charge in [-0.05, 0) is 42.0 Å². The summed E-state index contributed by atoms with van der Waals surface area (Å²) in [6, 6.07) is 9.92. The highest BCUT2D eigenvalue weighted by atomic mass is 35.5. The molecule has 0 saturated carbocycles. The van der Waals surface area contributed by atoms with Crippen LogP contribution in [0.2, 0.25) is 5.02 Å². The topological polar surface area (TPSA) is 35.8 Å². The normalized spacial score (nSPS) is 18.6. The maximum Gasteiger partial charge on any atom is 0.0840 e. The molecular weight excluding hydrogens is 304 g/mol. The summed E-state index contributed by atoms with van der Waals surface area (Å²) in [6.07, 6.45) is 2.60. The van der Waals surface area contributed by atoms with Crippen LogP contribution >= 0.6 is 22.9 Å². The summed E-state index contributed by atoms with van der Waals surface area (Å²) in [5, 5.41) is 15.3. The van der Waals surface area contributed by atoms with Gasteiger partial charge < -0.3 is 5.21 Å². The highest BCUT2D eigenvalue weighted by molar-refractivity contribution is 7.10. The summed E-state index contributed by atoms with van der Waals surface area (Å²) < 4.78 is 0. The molecular formula is C16H17ClN2OS. The molecule has 3 rings (SSSR count). The van der Waals surface area contributed by atoms with Crippen molar-refractivity contribution < 1.29 is 5.21 Å². The minimum Gasteiger partial charge on any atom is -0.411 e. The molecule has 1 aromatic carbocycles. The van der Waals surface area contributed by atoms with Crippen LogP contribution < -0.4 is 0 Å². The van der Waals surface area contributed by atoms with Gasteiger partial charge in [0.05, 0.1) is 11.8 Å². The van der Waals surface area contributed by atoms with E-state index in [1.54, 1.807) is 6.21 Å². The second-order valence-electron chi connectivity index (χ2n) is 5.41. The smallest absolute Gasteiger partial charge is 0.0840 e. The molecule has 2 heterocycles. The van der Waals surface area contributed by atoms with Crippen LogP contribution in [0.15, 0.2) is 40.9 Å². The van der Waals surface area contributed by atoms with Crippen molar-refractivity contribution in [1.82, 2.24) is 4.90 Å². The Labute approximate surface area is 133 Å². The first kappa shape index (κ1) is 14.6. The van der Waals surface area contributed by atoms with Gasteiger partial charge in [-0.3, -0.25) is 4.90 Å². The van der Waals surface area contributed by atoms with Gasteiger partial charge >= 0.3 is 0 Å². The molecule has 3 nitrogen and oxygen atoms in total. The number of fused-ring (bicyclic) bond motifs is 1. The fraction of sp³-hybridized carbons (Fsp3) is 0.312. The molecule has 5 heteroatoms. The van der Waals surface area contributed by atoms with Crippen molar-refractivity contribution in [2.24, 2.45) is 5.16 Å². The minimum absolute atomic E-state index is 0.521. The predicted molar refractivity (Wildman–Crippen MR) is 87.5 cm³/mol. The maximum atomic E-state index is 9.14. The first-order valence-electron chi connectivity index (χ1n) is 6.89. The van der Waals surface area contributed by atoms with E-state index in [1.165, 1.54) is 10.4 Å². The van der Waals surface area contributed by atoms with E-state index in [9.17, 15) is 0 Å². The molecule has 0 amide bonds. The Bertz CT molecular complexity index is 670. The largest absolute Gasteiger partial charge is 0.411 e. The van der Waals surface area contributed by atoms with Crippen molar-refractivity contribution in [3.8, 4) is 0 Å². The van der Waals surface area contributed by atoms with E-state index in [2.05, 4.69) is 21.5 Å². The van der Waals surface area contributed by atoms with Crippen molar-refractivity contribution >= 4 is 29.2 Å². The summed E-state index contributed by atoms with van der Waals surface area (Å²) in [5.74, 6) is 0. The highest BCUT2D eigenvalue weighted by Gasteiger charge is 2.36. The van der Waals surface area contributed by atoms with Gasteiger partial charge in [-0.1, -0.05) is 35.0 Å². The summed E-state index contributed by atoms with van der Waals surface area (Å²) in [6.45, 7) is 3.80. The molecule has 1 aromatic heterocycles. The molecule has 0 bridgehead atoms. The lowest BCUT2D eigenvalue weighted by Crippen LogP contribution is -2.47.